The van der Waals surface area contributed by atoms with E-state index in [2.05, 4.69) is 49.9 Å². The van der Waals surface area contributed by atoms with Crippen LogP contribution in [0.3, 0.4) is 0 Å². The monoisotopic (exact) mass is 449 g/mol. The molecule has 1 aliphatic carbocycles. The number of anilines is 1. The second-order valence-corrected chi connectivity index (χ2v) is 9.00. The number of hydrogen-bond donors (Lipinski definition) is 2. The maximum absolute atomic E-state index is 11.9. The van der Waals surface area contributed by atoms with Crippen molar-refractivity contribution in [2.24, 2.45) is 0 Å². The van der Waals surface area contributed by atoms with E-state index in [-0.39, 0.29) is 12.2 Å². The molecular formula is C25H31N5O3. The van der Waals surface area contributed by atoms with Gasteiger partial charge in [-0.15, -0.1) is 0 Å². The van der Waals surface area contributed by atoms with E-state index in [1.54, 1.807) is 18.5 Å². The number of carbonyl (C=O) groups is 1. The first-order chi connectivity index (χ1) is 16.2. The van der Waals surface area contributed by atoms with Crippen LogP contribution >= 0.6 is 0 Å². The summed E-state index contributed by atoms with van der Waals surface area (Å²) < 4.78 is 5.42. The fourth-order valence-electron chi connectivity index (χ4n) is 4.86. The maximum atomic E-state index is 11.9. The van der Waals surface area contributed by atoms with Crippen molar-refractivity contribution in [2.45, 2.75) is 56.9 Å². The molecule has 3 aliphatic rings. The predicted octanol–water partition coefficient (Wildman–Crippen LogP) is 2.72. The minimum Gasteiger partial charge on any atom is -0.365 e. The molecule has 33 heavy (non-hydrogen) atoms. The van der Waals surface area contributed by atoms with E-state index in [9.17, 15) is 4.79 Å². The summed E-state index contributed by atoms with van der Waals surface area (Å²) in [6.45, 7) is 2.79. The van der Waals surface area contributed by atoms with Crippen LogP contribution in [0.1, 0.15) is 42.5 Å². The van der Waals surface area contributed by atoms with Gasteiger partial charge in [0.25, 0.3) is 5.91 Å². The normalized spacial score (nSPS) is 23.6. The smallest absolute Gasteiger partial charge is 0.267 e. The van der Waals surface area contributed by atoms with Crippen LogP contribution in [0.15, 0.2) is 42.7 Å². The van der Waals surface area contributed by atoms with E-state index in [1.165, 1.54) is 17.2 Å². The van der Waals surface area contributed by atoms with Gasteiger partial charge in [-0.3, -0.25) is 14.7 Å². The van der Waals surface area contributed by atoms with Crippen molar-refractivity contribution in [1.29, 1.82) is 0 Å². The summed E-state index contributed by atoms with van der Waals surface area (Å²) in [4.78, 5) is 28.7. The molecule has 1 aromatic heterocycles. The van der Waals surface area contributed by atoms with Gasteiger partial charge in [0.15, 0.2) is 6.29 Å². The maximum Gasteiger partial charge on any atom is 0.267 e. The van der Waals surface area contributed by atoms with Crippen LogP contribution < -0.4 is 10.8 Å². The lowest BCUT2D eigenvalue weighted by molar-refractivity contribution is -0.198. The Morgan fingerprint density at radius 2 is 1.97 bits per heavy atom. The lowest BCUT2D eigenvalue weighted by atomic mass is 10.1. The molecule has 2 aromatic rings. The standard InChI is InChI=1S/C25H31N5O3/c31-24(29-33-25-7-3-4-12-32-25)9-8-20-15-27-23(16-26-20)28-21-10-11-30(17-21)22-13-18-5-1-2-6-19(18)14-22/h1-2,5-6,8-9,15-16,21-22,25H,3-4,7,10-14,17H2,(H,27,28)(H,29,31)/t21-,25?/m1/s1. The number of carbonyl (C=O) groups excluding carboxylic acids is 1. The van der Waals surface area contributed by atoms with E-state index in [0.29, 0.717) is 24.4 Å². The van der Waals surface area contributed by atoms with E-state index < -0.39 is 0 Å². The topological polar surface area (TPSA) is 88.6 Å². The number of aromatic nitrogens is 2. The number of hydrogen-bond acceptors (Lipinski definition) is 7. The Kier molecular flexibility index (Phi) is 6.95. The highest BCUT2D eigenvalue weighted by Gasteiger charge is 2.32. The highest BCUT2D eigenvalue weighted by molar-refractivity contribution is 5.90. The number of hydroxylamine groups is 1. The Labute approximate surface area is 194 Å². The first-order valence-corrected chi connectivity index (χ1v) is 11.9. The Morgan fingerprint density at radius 3 is 2.70 bits per heavy atom. The number of nitrogens with zero attached hydrogens (tertiary/aromatic N) is 3. The van der Waals surface area contributed by atoms with Gasteiger partial charge in [0.05, 0.1) is 18.1 Å². The third-order valence-electron chi connectivity index (χ3n) is 6.62. The van der Waals surface area contributed by atoms with Crippen molar-refractivity contribution in [1.82, 2.24) is 20.3 Å². The molecule has 0 bridgehead atoms. The van der Waals surface area contributed by atoms with Crippen LogP contribution in [-0.4, -0.2) is 58.8 Å². The molecule has 2 N–H and O–H groups in total. The zero-order valence-electron chi connectivity index (χ0n) is 18.8. The summed E-state index contributed by atoms with van der Waals surface area (Å²) in [6, 6.07) is 9.77. The number of likely N-dealkylation sites (tertiary alicyclic amines) is 1. The van der Waals surface area contributed by atoms with Crippen LogP contribution in [0.2, 0.25) is 0 Å². The third kappa shape index (κ3) is 5.76. The number of rotatable bonds is 7. The van der Waals surface area contributed by atoms with Gasteiger partial charge in [0.2, 0.25) is 0 Å². The summed E-state index contributed by atoms with van der Waals surface area (Å²) in [7, 11) is 0. The van der Waals surface area contributed by atoms with Crippen molar-refractivity contribution in [3.63, 3.8) is 0 Å². The zero-order valence-corrected chi connectivity index (χ0v) is 18.8. The second kappa shape index (κ2) is 10.4. The first kappa shape index (κ1) is 22.0. The molecule has 2 saturated heterocycles. The van der Waals surface area contributed by atoms with Crippen LogP contribution in [0.4, 0.5) is 5.82 Å². The molecule has 1 unspecified atom stereocenters. The van der Waals surface area contributed by atoms with Crippen LogP contribution in [-0.2, 0) is 27.2 Å². The summed E-state index contributed by atoms with van der Waals surface area (Å²) in [5.41, 5.74) is 6.00. The Morgan fingerprint density at radius 1 is 1.12 bits per heavy atom. The third-order valence-corrected chi connectivity index (χ3v) is 6.62. The highest BCUT2D eigenvalue weighted by Crippen LogP contribution is 2.28. The van der Waals surface area contributed by atoms with Gasteiger partial charge in [-0.05, 0) is 49.3 Å². The summed E-state index contributed by atoms with van der Waals surface area (Å²) in [5.74, 6) is 0.407. The predicted molar refractivity (Wildman–Crippen MR) is 125 cm³/mol. The minimum absolute atomic E-state index is 0.353. The van der Waals surface area contributed by atoms with Gasteiger partial charge < -0.3 is 10.1 Å². The Balaban J connectivity index is 1.06. The molecule has 2 fully saturated rings. The SMILES string of the molecule is O=C(C=Cc1cnc(N[C@@H]2CCN(C3Cc4ccccc4C3)C2)cn1)NOC1CCCCO1. The molecular weight excluding hydrogens is 418 g/mol. The van der Waals surface area contributed by atoms with Gasteiger partial charge in [0, 0.05) is 44.3 Å². The number of nitrogens with one attached hydrogen (secondary N) is 2. The van der Waals surface area contributed by atoms with Gasteiger partial charge in [-0.25, -0.2) is 15.3 Å². The van der Waals surface area contributed by atoms with Gasteiger partial charge in [-0.2, -0.15) is 0 Å². The number of benzene rings is 1. The van der Waals surface area contributed by atoms with Crippen molar-refractivity contribution in [3.8, 4) is 0 Å². The van der Waals surface area contributed by atoms with E-state index in [1.807, 2.05) is 0 Å². The molecule has 2 aliphatic heterocycles. The van der Waals surface area contributed by atoms with Gasteiger partial charge in [0.1, 0.15) is 5.82 Å². The van der Waals surface area contributed by atoms with E-state index in [0.717, 1.165) is 57.4 Å². The summed E-state index contributed by atoms with van der Waals surface area (Å²) >= 11 is 0. The van der Waals surface area contributed by atoms with Crippen LogP contribution in [0, 0.1) is 0 Å². The fraction of sp³-hybridized carbons (Fsp3) is 0.480. The lowest BCUT2D eigenvalue weighted by Gasteiger charge is -2.23. The van der Waals surface area contributed by atoms with Crippen molar-refractivity contribution < 1.29 is 14.4 Å². The van der Waals surface area contributed by atoms with E-state index in [4.69, 9.17) is 9.57 Å². The number of ether oxygens (including phenoxy) is 1. The molecule has 174 valence electrons. The molecule has 3 heterocycles. The van der Waals surface area contributed by atoms with Crippen LogP contribution in [0.5, 0.6) is 0 Å². The van der Waals surface area contributed by atoms with Crippen molar-refractivity contribution >= 4 is 17.8 Å². The second-order valence-electron chi connectivity index (χ2n) is 9.00. The largest absolute Gasteiger partial charge is 0.365 e. The molecule has 2 atom stereocenters. The summed E-state index contributed by atoms with van der Waals surface area (Å²) in [5, 5.41) is 3.51. The van der Waals surface area contributed by atoms with Crippen molar-refractivity contribution in [3.05, 3.63) is 59.6 Å². The summed E-state index contributed by atoms with van der Waals surface area (Å²) in [6.07, 6.45) is 12.3. The average Bonchev–Trinajstić information content (AvgIpc) is 3.50. The fourth-order valence-corrected chi connectivity index (χ4v) is 4.86. The molecule has 8 nitrogen and oxygen atoms in total. The Hall–Kier alpha value is -2.81. The van der Waals surface area contributed by atoms with E-state index >= 15 is 0 Å². The molecule has 1 amide bonds. The van der Waals surface area contributed by atoms with Gasteiger partial charge in [-0.1, -0.05) is 24.3 Å². The molecule has 0 spiro atoms. The van der Waals surface area contributed by atoms with Crippen molar-refractivity contribution in [2.75, 3.05) is 25.0 Å². The average molecular weight is 450 g/mol. The quantitative estimate of drug-likeness (QED) is 0.496. The molecule has 0 saturated carbocycles. The Bertz CT molecular complexity index is 949. The number of amides is 1. The minimum atomic E-state index is -0.364. The first-order valence-electron chi connectivity index (χ1n) is 11.9. The lowest BCUT2D eigenvalue weighted by Crippen LogP contribution is -2.35. The molecule has 5 rings (SSSR count). The number of fused-ring (bicyclic) bond motifs is 1. The molecule has 8 heteroatoms. The zero-order chi connectivity index (χ0) is 22.5. The highest BCUT2D eigenvalue weighted by atomic mass is 16.8. The van der Waals surface area contributed by atoms with Crippen LogP contribution in [0.25, 0.3) is 6.08 Å². The molecule has 1 aromatic carbocycles. The molecule has 0 radical (unpaired) electrons. The van der Waals surface area contributed by atoms with Gasteiger partial charge >= 0.3 is 0 Å².